The summed E-state index contributed by atoms with van der Waals surface area (Å²) in [6.45, 7) is 3.97. The zero-order valence-electron chi connectivity index (χ0n) is 9.10. The summed E-state index contributed by atoms with van der Waals surface area (Å²) in [6, 6.07) is 4.30. The first-order chi connectivity index (χ1) is 7.41. The van der Waals surface area contributed by atoms with Crippen molar-refractivity contribution in [2.45, 2.75) is 25.9 Å². The van der Waals surface area contributed by atoms with Crippen molar-refractivity contribution in [3.63, 3.8) is 0 Å². The van der Waals surface area contributed by atoms with Gasteiger partial charge in [0, 0.05) is 18.2 Å². The lowest BCUT2D eigenvalue weighted by molar-refractivity contribution is -0.138. The molecule has 0 saturated carbocycles. The molecule has 0 aliphatic carbocycles. The molecule has 16 heavy (non-hydrogen) atoms. The summed E-state index contributed by atoms with van der Waals surface area (Å²) in [5.74, 6) is -0.170. The van der Waals surface area contributed by atoms with E-state index in [0.717, 1.165) is 6.07 Å². The third-order valence-electron chi connectivity index (χ3n) is 2.90. The van der Waals surface area contributed by atoms with Crippen molar-refractivity contribution in [1.29, 1.82) is 0 Å². The Kier molecular flexibility index (Phi) is 2.52. The van der Waals surface area contributed by atoms with Gasteiger partial charge in [0.2, 0.25) is 0 Å². The van der Waals surface area contributed by atoms with Gasteiger partial charge in [-0.1, -0.05) is 19.1 Å². The zero-order chi connectivity index (χ0) is 11.9. The summed E-state index contributed by atoms with van der Waals surface area (Å²) < 4.78 is 38.5. The van der Waals surface area contributed by atoms with Crippen LogP contribution in [0, 0.1) is 0 Å². The number of hydrogen-bond donors (Lipinski definition) is 0. The van der Waals surface area contributed by atoms with Gasteiger partial charge in [0.05, 0.1) is 5.56 Å². The van der Waals surface area contributed by atoms with E-state index in [1.807, 2.05) is 0 Å². The quantitative estimate of drug-likeness (QED) is 0.641. The van der Waals surface area contributed by atoms with Gasteiger partial charge in [0.15, 0.2) is 0 Å². The van der Waals surface area contributed by atoms with Crippen LogP contribution in [0.3, 0.4) is 0 Å². The van der Waals surface area contributed by atoms with E-state index in [9.17, 15) is 13.2 Å². The fourth-order valence-corrected chi connectivity index (χ4v) is 2.11. The predicted octanol–water partition coefficient (Wildman–Crippen LogP) is 3.63. The van der Waals surface area contributed by atoms with Crippen LogP contribution in [0.5, 0.6) is 0 Å². The summed E-state index contributed by atoms with van der Waals surface area (Å²) in [4.78, 5) is 4.22. The molecule has 1 aliphatic rings. The van der Waals surface area contributed by atoms with Gasteiger partial charge in [-0.3, -0.25) is 4.99 Å². The molecule has 0 bridgehead atoms. The number of nitrogens with zero attached hydrogens (tertiary/aromatic N) is 1. The van der Waals surface area contributed by atoms with Gasteiger partial charge < -0.3 is 0 Å². The van der Waals surface area contributed by atoms with E-state index in [4.69, 9.17) is 0 Å². The molecule has 86 valence electrons. The average molecular weight is 227 g/mol. The maximum Gasteiger partial charge on any atom is 0.416 e. The van der Waals surface area contributed by atoms with E-state index >= 15 is 0 Å². The highest BCUT2D eigenvalue weighted by molar-refractivity contribution is 6.01. The minimum Gasteiger partial charge on any atom is -0.289 e. The second kappa shape index (κ2) is 3.61. The minimum absolute atomic E-state index is 0.170. The number of benzene rings is 1. The van der Waals surface area contributed by atoms with E-state index in [1.54, 1.807) is 19.9 Å². The van der Waals surface area contributed by atoms with Crippen LogP contribution < -0.4 is 0 Å². The first kappa shape index (κ1) is 11.2. The molecule has 1 heterocycles. The van der Waals surface area contributed by atoms with Crippen LogP contribution >= 0.6 is 0 Å². The largest absolute Gasteiger partial charge is 0.416 e. The lowest BCUT2D eigenvalue weighted by atomic mass is 9.86. The topological polar surface area (TPSA) is 12.4 Å². The second-order valence-corrected chi connectivity index (χ2v) is 4.09. The maximum atomic E-state index is 12.8. The van der Waals surface area contributed by atoms with Crippen LogP contribution in [-0.4, -0.2) is 12.3 Å². The molecule has 0 radical (unpaired) electrons. The van der Waals surface area contributed by atoms with Crippen molar-refractivity contribution in [2.75, 3.05) is 6.54 Å². The predicted molar refractivity (Wildman–Crippen MR) is 56.9 cm³/mol. The molecule has 1 nitrogen and oxygen atoms in total. The minimum atomic E-state index is -4.28. The maximum absolute atomic E-state index is 12.8. The van der Waals surface area contributed by atoms with E-state index in [1.165, 1.54) is 6.07 Å². The third-order valence-corrected chi connectivity index (χ3v) is 2.90. The first-order valence-corrected chi connectivity index (χ1v) is 5.13. The Bertz CT molecular complexity index is 446. The Morgan fingerprint density at radius 1 is 1.31 bits per heavy atom. The summed E-state index contributed by atoms with van der Waals surface area (Å²) in [6.07, 6.45) is -4.28. The van der Waals surface area contributed by atoms with Crippen molar-refractivity contribution >= 4 is 5.71 Å². The van der Waals surface area contributed by atoms with Crippen LogP contribution in [-0.2, 0) is 6.18 Å². The molecule has 1 aromatic rings. The van der Waals surface area contributed by atoms with Gasteiger partial charge in [-0.05, 0) is 24.1 Å². The average Bonchev–Trinajstić information content (AvgIpc) is 2.22. The number of fused-ring (bicyclic) bond motifs is 1. The summed E-state index contributed by atoms with van der Waals surface area (Å²) >= 11 is 0. The van der Waals surface area contributed by atoms with Gasteiger partial charge in [-0.25, -0.2) is 0 Å². The van der Waals surface area contributed by atoms with Gasteiger partial charge >= 0.3 is 6.18 Å². The third kappa shape index (κ3) is 1.72. The molecular formula is C12H12F3N. The van der Waals surface area contributed by atoms with Crippen LogP contribution in [0.15, 0.2) is 23.2 Å². The van der Waals surface area contributed by atoms with Gasteiger partial charge in [-0.15, -0.1) is 0 Å². The fourth-order valence-electron chi connectivity index (χ4n) is 2.11. The molecule has 0 fully saturated rings. The van der Waals surface area contributed by atoms with Crippen LogP contribution in [0.4, 0.5) is 13.2 Å². The molecule has 0 spiro atoms. The van der Waals surface area contributed by atoms with Gasteiger partial charge in [0.25, 0.3) is 0 Å². The van der Waals surface area contributed by atoms with Gasteiger partial charge in [0.1, 0.15) is 0 Å². The number of rotatable bonds is 0. The second-order valence-electron chi connectivity index (χ2n) is 4.09. The highest BCUT2D eigenvalue weighted by Gasteiger charge is 2.36. The first-order valence-electron chi connectivity index (χ1n) is 5.13. The smallest absolute Gasteiger partial charge is 0.289 e. The number of halogens is 3. The SMILES string of the molecule is CC1=NCC(C)c2c1cccc2C(F)(F)F. The molecule has 1 aromatic carbocycles. The normalized spacial score (nSPS) is 20.3. The highest BCUT2D eigenvalue weighted by Crippen LogP contribution is 2.38. The Labute approximate surface area is 92.0 Å². The Hall–Kier alpha value is -1.32. The Morgan fingerprint density at radius 3 is 2.62 bits per heavy atom. The Morgan fingerprint density at radius 2 is 2.00 bits per heavy atom. The molecule has 0 aromatic heterocycles. The lowest BCUT2D eigenvalue weighted by Gasteiger charge is -2.24. The molecule has 0 saturated heterocycles. The zero-order valence-corrected chi connectivity index (χ0v) is 9.10. The summed E-state index contributed by atoms with van der Waals surface area (Å²) in [7, 11) is 0. The van der Waals surface area contributed by atoms with Crippen molar-refractivity contribution in [3.05, 3.63) is 34.9 Å². The molecule has 1 atom stereocenters. The molecule has 1 unspecified atom stereocenters. The van der Waals surface area contributed by atoms with Crippen molar-refractivity contribution in [1.82, 2.24) is 0 Å². The highest BCUT2D eigenvalue weighted by atomic mass is 19.4. The number of alkyl halides is 3. The molecule has 0 amide bonds. The fraction of sp³-hybridized carbons (Fsp3) is 0.417. The number of hydrogen-bond acceptors (Lipinski definition) is 1. The summed E-state index contributed by atoms with van der Waals surface area (Å²) in [5.41, 5.74) is 1.20. The van der Waals surface area contributed by atoms with Crippen molar-refractivity contribution < 1.29 is 13.2 Å². The van der Waals surface area contributed by atoms with Crippen LogP contribution in [0.2, 0.25) is 0 Å². The van der Waals surface area contributed by atoms with E-state index in [0.29, 0.717) is 23.4 Å². The molecule has 2 rings (SSSR count). The van der Waals surface area contributed by atoms with E-state index in [-0.39, 0.29) is 5.92 Å². The number of aliphatic imine (C=N–C) groups is 1. The lowest BCUT2D eigenvalue weighted by Crippen LogP contribution is -2.20. The van der Waals surface area contributed by atoms with Gasteiger partial charge in [-0.2, -0.15) is 13.2 Å². The molecular weight excluding hydrogens is 215 g/mol. The summed E-state index contributed by atoms with van der Waals surface area (Å²) in [5, 5.41) is 0. The Balaban J connectivity index is 2.67. The van der Waals surface area contributed by atoms with Crippen molar-refractivity contribution in [2.24, 2.45) is 4.99 Å². The van der Waals surface area contributed by atoms with Crippen molar-refractivity contribution in [3.8, 4) is 0 Å². The molecule has 0 N–H and O–H groups in total. The standard InChI is InChI=1S/C12H12F3N/c1-7-6-16-8(2)9-4-3-5-10(11(7)9)12(13,14)15/h3-5,7H,6H2,1-2H3. The van der Waals surface area contributed by atoms with E-state index in [2.05, 4.69) is 4.99 Å². The monoisotopic (exact) mass is 227 g/mol. The van der Waals surface area contributed by atoms with Crippen LogP contribution in [0.25, 0.3) is 0 Å². The van der Waals surface area contributed by atoms with E-state index < -0.39 is 11.7 Å². The molecule has 4 heteroatoms. The molecule has 1 aliphatic heterocycles. The van der Waals surface area contributed by atoms with Crippen LogP contribution in [0.1, 0.15) is 36.5 Å².